The van der Waals surface area contributed by atoms with Crippen molar-refractivity contribution in [1.29, 1.82) is 0 Å². The lowest BCUT2D eigenvalue weighted by molar-refractivity contribution is -0.143. The first-order valence-electron chi connectivity index (χ1n) is 10.7. The van der Waals surface area contributed by atoms with Crippen LogP contribution in [0.1, 0.15) is 43.9 Å². The number of hydrogen-bond donors (Lipinski definition) is 0. The van der Waals surface area contributed by atoms with E-state index >= 15 is 0 Å². The topological polar surface area (TPSA) is 53.4 Å². The van der Waals surface area contributed by atoms with Gasteiger partial charge in [0.15, 0.2) is 0 Å². The first kappa shape index (κ1) is 23.1. The van der Waals surface area contributed by atoms with E-state index in [-0.39, 0.29) is 5.97 Å². The largest absolute Gasteiger partial charge is 0.493 e. The number of halogens is 1. The Morgan fingerprint density at radius 1 is 1.06 bits per heavy atom. The number of ether oxygens (including phenoxy) is 2. The Bertz CT molecular complexity index is 983. The van der Waals surface area contributed by atoms with Gasteiger partial charge in [-0.1, -0.05) is 46.3 Å². The molecule has 0 saturated carbocycles. The van der Waals surface area contributed by atoms with Gasteiger partial charge in [0.2, 0.25) is 0 Å². The van der Waals surface area contributed by atoms with Gasteiger partial charge in [0.05, 0.1) is 25.5 Å². The summed E-state index contributed by atoms with van der Waals surface area (Å²) in [6.45, 7) is 5.60. The molecule has 0 saturated heterocycles. The van der Waals surface area contributed by atoms with Crippen LogP contribution in [0, 0.1) is 6.92 Å². The zero-order valence-electron chi connectivity index (χ0n) is 18.1. The Hall–Kier alpha value is -2.60. The van der Waals surface area contributed by atoms with Gasteiger partial charge in [-0.3, -0.25) is 4.79 Å². The highest BCUT2D eigenvalue weighted by Gasteiger charge is 2.11. The fraction of sp³-hybridized carbons (Fsp3) is 0.360. The van der Waals surface area contributed by atoms with Crippen LogP contribution in [0.25, 0.3) is 11.4 Å². The third-order valence-electron chi connectivity index (χ3n) is 4.90. The molecule has 6 heteroatoms. The maximum Gasteiger partial charge on any atom is 0.305 e. The average Bonchev–Trinajstić information content (AvgIpc) is 3.12. The third kappa shape index (κ3) is 6.96. The van der Waals surface area contributed by atoms with E-state index in [0.717, 1.165) is 52.1 Å². The van der Waals surface area contributed by atoms with Crippen LogP contribution in [-0.4, -0.2) is 28.7 Å². The van der Waals surface area contributed by atoms with Crippen molar-refractivity contribution >= 4 is 21.9 Å². The van der Waals surface area contributed by atoms with Gasteiger partial charge in [-0.05, 0) is 51.3 Å². The fourth-order valence-corrected chi connectivity index (χ4v) is 3.68. The van der Waals surface area contributed by atoms with Crippen molar-refractivity contribution < 1.29 is 14.3 Å². The number of rotatable bonds is 11. The second kappa shape index (κ2) is 11.7. The van der Waals surface area contributed by atoms with Crippen molar-refractivity contribution in [1.82, 2.24) is 9.55 Å². The van der Waals surface area contributed by atoms with E-state index in [0.29, 0.717) is 26.2 Å². The molecule has 2 aromatic carbocycles. The van der Waals surface area contributed by atoms with Crippen LogP contribution in [0.5, 0.6) is 5.75 Å². The second-order valence-electron chi connectivity index (χ2n) is 7.41. The third-order valence-corrected chi connectivity index (χ3v) is 5.43. The van der Waals surface area contributed by atoms with Gasteiger partial charge in [-0.25, -0.2) is 4.98 Å². The Morgan fingerprint density at radius 2 is 1.84 bits per heavy atom. The Kier molecular flexibility index (Phi) is 8.71. The monoisotopic (exact) mass is 484 g/mol. The minimum atomic E-state index is -0.119. The molecule has 31 heavy (non-hydrogen) atoms. The molecule has 3 aromatic rings. The number of aryl methyl sites for hydroxylation is 1. The number of hydrogen-bond acceptors (Lipinski definition) is 4. The molecule has 5 nitrogen and oxygen atoms in total. The van der Waals surface area contributed by atoms with Crippen LogP contribution in [0.15, 0.2) is 59.2 Å². The van der Waals surface area contributed by atoms with E-state index < -0.39 is 0 Å². The minimum absolute atomic E-state index is 0.119. The van der Waals surface area contributed by atoms with Gasteiger partial charge in [0.1, 0.15) is 11.6 Å². The van der Waals surface area contributed by atoms with Crippen LogP contribution in [-0.2, 0) is 16.1 Å². The first-order valence-corrected chi connectivity index (χ1v) is 11.5. The SMILES string of the molecule is CCOC(=O)CCCCCOc1ccccc1Cn1cc(C)nc1-c1ccc(Br)cc1. The van der Waals surface area contributed by atoms with E-state index in [1.807, 2.05) is 44.2 Å². The lowest BCUT2D eigenvalue weighted by Gasteiger charge is -2.14. The van der Waals surface area contributed by atoms with Crippen molar-refractivity contribution in [3.63, 3.8) is 0 Å². The Morgan fingerprint density at radius 3 is 2.61 bits per heavy atom. The summed E-state index contributed by atoms with van der Waals surface area (Å²) in [6, 6.07) is 16.3. The lowest BCUT2D eigenvalue weighted by Crippen LogP contribution is -2.06. The maximum atomic E-state index is 11.4. The van der Waals surface area contributed by atoms with E-state index in [1.54, 1.807) is 0 Å². The highest BCUT2D eigenvalue weighted by Crippen LogP contribution is 2.25. The van der Waals surface area contributed by atoms with E-state index in [1.165, 1.54) is 0 Å². The van der Waals surface area contributed by atoms with Gasteiger partial charge < -0.3 is 14.0 Å². The number of imidazole rings is 1. The standard InChI is InChI=1S/C25H29BrN2O3/c1-3-30-24(29)11-5-4-8-16-31-23-10-7-6-9-21(23)18-28-17-19(2)27-25(28)20-12-14-22(26)15-13-20/h6-7,9-10,12-15,17H,3-5,8,11,16,18H2,1-2H3. The van der Waals surface area contributed by atoms with Crippen molar-refractivity contribution in [3.05, 3.63) is 70.5 Å². The second-order valence-corrected chi connectivity index (χ2v) is 8.33. The summed E-state index contributed by atoms with van der Waals surface area (Å²) in [5.41, 5.74) is 3.18. The highest BCUT2D eigenvalue weighted by molar-refractivity contribution is 9.10. The van der Waals surface area contributed by atoms with Crippen molar-refractivity contribution in [2.45, 2.75) is 46.1 Å². The van der Waals surface area contributed by atoms with Gasteiger partial charge in [0.25, 0.3) is 0 Å². The molecule has 0 aliphatic rings. The van der Waals surface area contributed by atoms with Gasteiger partial charge in [0, 0.05) is 28.2 Å². The number of nitrogens with zero attached hydrogens (tertiary/aromatic N) is 2. The van der Waals surface area contributed by atoms with E-state index in [9.17, 15) is 4.79 Å². The summed E-state index contributed by atoms with van der Waals surface area (Å²) in [5.74, 6) is 1.71. The number of carbonyl (C=O) groups is 1. The summed E-state index contributed by atoms with van der Waals surface area (Å²) in [7, 11) is 0. The predicted octanol–water partition coefficient (Wildman–Crippen LogP) is 6.17. The summed E-state index contributed by atoms with van der Waals surface area (Å²) >= 11 is 3.49. The molecular formula is C25H29BrN2O3. The molecule has 0 bridgehead atoms. The minimum Gasteiger partial charge on any atom is -0.493 e. The summed E-state index contributed by atoms with van der Waals surface area (Å²) in [5, 5.41) is 0. The molecule has 0 unspecified atom stereocenters. The molecule has 0 radical (unpaired) electrons. The number of benzene rings is 2. The number of esters is 1. The molecular weight excluding hydrogens is 456 g/mol. The first-order chi connectivity index (χ1) is 15.1. The highest BCUT2D eigenvalue weighted by atomic mass is 79.9. The molecule has 0 fully saturated rings. The Balaban J connectivity index is 1.60. The quantitative estimate of drug-likeness (QED) is 0.241. The van der Waals surface area contributed by atoms with Crippen molar-refractivity contribution in [3.8, 4) is 17.1 Å². The zero-order valence-corrected chi connectivity index (χ0v) is 19.7. The van der Waals surface area contributed by atoms with Crippen LogP contribution >= 0.6 is 15.9 Å². The number of aromatic nitrogens is 2. The summed E-state index contributed by atoms with van der Waals surface area (Å²) in [4.78, 5) is 16.1. The maximum absolute atomic E-state index is 11.4. The van der Waals surface area contributed by atoms with Crippen LogP contribution in [0.2, 0.25) is 0 Å². The smallest absolute Gasteiger partial charge is 0.305 e. The molecule has 0 atom stereocenters. The molecule has 3 rings (SSSR count). The van der Waals surface area contributed by atoms with Crippen LogP contribution in [0.3, 0.4) is 0 Å². The van der Waals surface area contributed by atoms with Crippen LogP contribution < -0.4 is 4.74 Å². The average molecular weight is 485 g/mol. The van der Waals surface area contributed by atoms with Gasteiger partial charge in [-0.2, -0.15) is 0 Å². The Labute approximate surface area is 192 Å². The number of unbranched alkanes of at least 4 members (excludes halogenated alkanes) is 2. The van der Waals surface area contributed by atoms with E-state index in [2.05, 4.69) is 44.9 Å². The summed E-state index contributed by atoms with van der Waals surface area (Å²) < 4.78 is 14.3. The molecule has 1 aromatic heterocycles. The lowest BCUT2D eigenvalue weighted by atomic mass is 10.1. The number of para-hydroxylation sites is 1. The molecule has 164 valence electrons. The zero-order chi connectivity index (χ0) is 22.1. The van der Waals surface area contributed by atoms with E-state index in [4.69, 9.17) is 14.5 Å². The molecule has 0 spiro atoms. The number of carbonyl (C=O) groups excluding carboxylic acids is 1. The van der Waals surface area contributed by atoms with Crippen LogP contribution in [0.4, 0.5) is 0 Å². The van der Waals surface area contributed by atoms with Crippen molar-refractivity contribution in [2.24, 2.45) is 0 Å². The fourth-order valence-electron chi connectivity index (χ4n) is 3.42. The molecule has 0 aliphatic heterocycles. The van der Waals surface area contributed by atoms with Gasteiger partial charge >= 0.3 is 5.97 Å². The predicted molar refractivity (Wildman–Crippen MR) is 126 cm³/mol. The summed E-state index contributed by atoms with van der Waals surface area (Å²) in [6.07, 6.45) is 5.22. The van der Waals surface area contributed by atoms with Crippen molar-refractivity contribution in [2.75, 3.05) is 13.2 Å². The molecule has 0 aliphatic carbocycles. The normalized spacial score (nSPS) is 10.8. The molecule has 0 N–H and O–H groups in total. The molecule has 1 heterocycles. The van der Waals surface area contributed by atoms with Gasteiger partial charge in [-0.15, -0.1) is 0 Å². The molecule has 0 amide bonds.